The molecule has 0 heterocycles. The Morgan fingerprint density at radius 1 is 1.38 bits per heavy atom. The monoisotopic (exact) mass is 236 g/mol. The third-order valence-electron chi connectivity index (χ3n) is 0.991. The van der Waals surface area contributed by atoms with E-state index in [1.807, 2.05) is 0 Å². The summed E-state index contributed by atoms with van der Waals surface area (Å²) in [4.78, 5) is 21.0. The second kappa shape index (κ2) is 5.28. The third-order valence-corrected chi connectivity index (χ3v) is 1.47. The van der Waals surface area contributed by atoms with E-state index in [4.69, 9.17) is 9.79 Å². The van der Waals surface area contributed by atoms with Crippen LogP contribution in [-0.2, 0) is 30.8 Å². The van der Waals surface area contributed by atoms with Crippen molar-refractivity contribution in [2.75, 3.05) is 20.8 Å². The van der Waals surface area contributed by atoms with Gasteiger partial charge in [0.05, 0.1) is 0 Å². The highest BCUT2D eigenvalue weighted by molar-refractivity contribution is 8.06. The van der Waals surface area contributed by atoms with Crippen LogP contribution in [0.15, 0.2) is 0 Å². The molecular weight excluding hydrogens is 226 g/mol. The number of hydrogen-bond acceptors (Lipinski definition) is 5. The van der Waals surface area contributed by atoms with Crippen molar-refractivity contribution in [2.45, 2.75) is 6.04 Å². The summed E-state index contributed by atoms with van der Waals surface area (Å²) in [5.74, 6) is 0. The van der Waals surface area contributed by atoms with Gasteiger partial charge in [-0.3, -0.25) is 0 Å². The van der Waals surface area contributed by atoms with Gasteiger partial charge in [-0.1, -0.05) is 0 Å². The highest BCUT2D eigenvalue weighted by Crippen LogP contribution is 2.36. The van der Waals surface area contributed by atoms with Gasteiger partial charge < -0.3 is 19.3 Å². The summed E-state index contributed by atoms with van der Waals surface area (Å²) in [7, 11) is 2.09. The molecule has 0 aliphatic carbocycles. The zero-order valence-corrected chi connectivity index (χ0v) is 8.68. The standard InChI is InChI=1S/C4H10FO6PS/c1-8-4(5,9-2)3-10-11-12(6,7)13/h3H2,1-2H3,(H2,6,7,13). The molecule has 0 fully saturated rings. The van der Waals surface area contributed by atoms with Crippen LogP contribution in [0, 0.1) is 0 Å². The molecule has 0 spiro atoms. The highest BCUT2D eigenvalue weighted by atomic mass is 32.5. The first-order chi connectivity index (χ1) is 5.83. The Balaban J connectivity index is 3.81. The molecule has 0 aliphatic heterocycles. The molecule has 13 heavy (non-hydrogen) atoms. The average Bonchev–Trinajstić information content (AvgIpc) is 2.02. The van der Waals surface area contributed by atoms with Crippen LogP contribution < -0.4 is 0 Å². The fourth-order valence-electron chi connectivity index (χ4n) is 0.367. The molecule has 2 N–H and O–H groups in total. The quantitative estimate of drug-likeness (QED) is 0.292. The molecule has 0 bridgehead atoms. The van der Waals surface area contributed by atoms with Crippen LogP contribution in [0.4, 0.5) is 4.39 Å². The van der Waals surface area contributed by atoms with Crippen LogP contribution in [0.5, 0.6) is 0 Å². The van der Waals surface area contributed by atoms with Gasteiger partial charge in [-0.25, -0.2) is 4.89 Å². The zero-order valence-electron chi connectivity index (χ0n) is 6.97. The first-order valence-electron chi connectivity index (χ1n) is 2.99. The van der Waals surface area contributed by atoms with E-state index in [1.165, 1.54) is 0 Å². The van der Waals surface area contributed by atoms with E-state index in [0.29, 0.717) is 0 Å². The molecule has 0 aromatic rings. The van der Waals surface area contributed by atoms with Crippen LogP contribution in [0.3, 0.4) is 0 Å². The Labute approximate surface area is 79.4 Å². The summed E-state index contributed by atoms with van der Waals surface area (Å²) >= 11 is 4.02. The average molecular weight is 236 g/mol. The lowest BCUT2D eigenvalue weighted by Gasteiger charge is -2.20. The Kier molecular flexibility index (Phi) is 5.42. The second-order valence-corrected chi connectivity index (χ2v) is 4.45. The molecule has 0 saturated carbocycles. The summed E-state index contributed by atoms with van der Waals surface area (Å²) in [6, 6.07) is -2.50. The maximum atomic E-state index is 13.0. The highest BCUT2D eigenvalue weighted by Gasteiger charge is 2.31. The Morgan fingerprint density at radius 3 is 2.15 bits per heavy atom. The normalized spacial score (nSPS) is 13.3. The number of methoxy groups -OCH3 is 2. The van der Waals surface area contributed by atoms with E-state index >= 15 is 0 Å². The lowest BCUT2D eigenvalue weighted by Crippen LogP contribution is -2.33. The molecule has 0 atom stereocenters. The Morgan fingerprint density at radius 2 is 1.85 bits per heavy atom. The van der Waals surface area contributed by atoms with Gasteiger partial charge >= 0.3 is 12.8 Å². The molecule has 0 unspecified atom stereocenters. The molecule has 0 aliphatic rings. The molecule has 0 aromatic heterocycles. The Bertz CT molecular complexity index is 191. The summed E-state index contributed by atoms with van der Waals surface area (Å²) < 4.78 is 25.3. The summed E-state index contributed by atoms with van der Waals surface area (Å²) in [6.45, 7) is -4.73. The maximum Gasteiger partial charge on any atom is 0.350 e. The fraction of sp³-hybridized carbons (Fsp3) is 1.00. The lowest BCUT2D eigenvalue weighted by molar-refractivity contribution is -0.359. The number of ether oxygens (including phenoxy) is 2. The van der Waals surface area contributed by atoms with Crippen molar-refractivity contribution in [3.8, 4) is 0 Å². The van der Waals surface area contributed by atoms with E-state index in [9.17, 15) is 4.39 Å². The minimum atomic E-state index is -3.94. The van der Waals surface area contributed by atoms with Crippen molar-refractivity contribution in [1.29, 1.82) is 0 Å². The van der Waals surface area contributed by atoms with Crippen molar-refractivity contribution >= 4 is 18.5 Å². The Hall–Kier alpha value is 0.340. The van der Waals surface area contributed by atoms with Gasteiger partial charge in [0, 0.05) is 14.2 Å². The van der Waals surface area contributed by atoms with Gasteiger partial charge in [-0.2, -0.15) is 4.39 Å². The molecule has 80 valence electrons. The second-order valence-electron chi connectivity index (χ2n) is 1.90. The van der Waals surface area contributed by atoms with Gasteiger partial charge in [0.25, 0.3) is 0 Å². The van der Waals surface area contributed by atoms with Crippen LogP contribution in [0.1, 0.15) is 0 Å². The molecule has 9 heteroatoms. The third kappa shape index (κ3) is 6.42. The van der Waals surface area contributed by atoms with Crippen molar-refractivity contribution in [1.82, 2.24) is 0 Å². The van der Waals surface area contributed by atoms with Crippen LogP contribution in [-0.4, -0.2) is 36.7 Å². The predicted octanol–water partition coefficient (Wildman–Crippen LogP) is 0.0598. The van der Waals surface area contributed by atoms with E-state index in [-0.39, 0.29) is 0 Å². The summed E-state index contributed by atoms with van der Waals surface area (Å²) in [5.41, 5.74) is 0. The first kappa shape index (κ1) is 13.3. The van der Waals surface area contributed by atoms with Crippen LogP contribution in [0.25, 0.3) is 0 Å². The minimum Gasteiger partial charge on any atom is -0.325 e. The predicted molar refractivity (Wildman–Crippen MR) is 43.6 cm³/mol. The van der Waals surface area contributed by atoms with Crippen molar-refractivity contribution in [3.63, 3.8) is 0 Å². The number of rotatable bonds is 6. The van der Waals surface area contributed by atoms with Gasteiger partial charge in [-0.15, -0.1) is 4.67 Å². The van der Waals surface area contributed by atoms with Crippen molar-refractivity contribution in [3.05, 3.63) is 0 Å². The lowest BCUT2D eigenvalue weighted by atomic mass is 10.6. The number of alkyl halides is 1. The number of halogens is 1. The molecule has 0 aromatic carbocycles. The van der Waals surface area contributed by atoms with E-state index in [1.54, 1.807) is 0 Å². The largest absolute Gasteiger partial charge is 0.350 e. The van der Waals surface area contributed by atoms with E-state index < -0.39 is 19.4 Å². The van der Waals surface area contributed by atoms with Gasteiger partial charge in [-0.05, 0) is 11.8 Å². The topological polar surface area (TPSA) is 77.4 Å². The summed E-state index contributed by atoms with van der Waals surface area (Å²) in [5, 5.41) is 0. The molecule has 6 nitrogen and oxygen atoms in total. The van der Waals surface area contributed by atoms with Crippen LogP contribution >= 0.6 is 6.72 Å². The van der Waals surface area contributed by atoms with E-state index in [0.717, 1.165) is 14.2 Å². The zero-order chi connectivity index (χ0) is 10.5. The molecule has 0 saturated heterocycles. The fourth-order valence-corrected chi connectivity index (χ4v) is 0.686. The molecule has 0 radical (unpaired) electrons. The van der Waals surface area contributed by atoms with E-state index in [2.05, 4.69) is 30.8 Å². The smallest absolute Gasteiger partial charge is 0.325 e. The van der Waals surface area contributed by atoms with Gasteiger partial charge in [0.2, 0.25) is 0 Å². The molecule has 0 rings (SSSR count). The van der Waals surface area contributed by atoms with Gasteiger partial charge in [0.1, 0.15) is 0 Å². The SMILES string of the molecule is COC(F)(COOP(O)(O)=S)OC. The minimum absolute atomic E-state index is 0.792. The van der Waals surface area contributed by atoms with Crippen LogP contribution in [0.2, 0.25) is 0 Å². The molecular formula is C4H10FO6PS. The first-order valence-corrected chi connectivity index (χ1v) is 5.61. The maximum absolute atomic E-state index is 13.0. The number of hydrogen-bond donors (Lipinski definition) is 2. The van der Waals surface area contributed by atoms with Gasteiger partial charge in [0.15, 0.2) is 6.61 Å². The van der Waals surface area contributed by atoms with Crippen molar-refractivity contribution < 1.29 is 33.2 Å². The van der Waals surface area contributed by atoms with Crippen molar-refractivity contribution in [2.24, 2.45) is 0 Å². The summed E-state index contributed by atoms with van der Waals surface area (Å²) in [6.07, 6.45) is 0. The molecule has 0 amide bonds.